The van der Waals surface area contributed by atoms with E-state index in [-0.39, 0.29) is 11.7 Å². The van der Waals surface area contributed by atoms with E-state index in [0.29, 0.717) is 13.2 Å². The molecule has 2 aromatic rings. The van der Waals surface area contributed by atoms with Crippen LogP contribution in [0, 0.1) is 0 Å². The van der Waals surface area contributed by atoms with E-state index in [9.17, 15) is 0 Å². The average molecular weight is 328 g/mol. The number of nitrogens with zero attached hydrogens (tertiary/aromatic N) is 4. The summed E-state index contributed by atoms with van der Waals surface area (Å²) < 4.78 is 14.1. The minimum absolute atomic E-state index is 0.0227. The number of rotatable bonds is 5. The lowest BCUT2D eigenvalue weighted by Crippen LogP contribution is -2.32. The lowest BCUT2D eigenvalue weighted by molar-refractivity contribution is -0.000430. The Balaban J connectivity index is 1.28. The summed E-state index contributed by atoms with van der Waals surface area (Å²) in [7, 11) is 1.96. The Bertz CT molecular complexity index is 675. The molecule has 0 aromatic carbocycles. The molecule has 4 heterocycles. The fraction of sp³-hybridized carbons (Fsp3) is 0.556. The first kappa shape index (κ1) is 15.7. The van der Waals surface area contributed by atoms with Crippen molar-refractivity contribution in [1.82, 2.24) is 19.7 Å². The van der Waals surface area contributed by atoms with E-state index in [1.165, 1.54) is 5.56 Å². The van der Waals surface area contributed by atoms with Gasteiger partial charge in [0, 0.05) is 57.3 Å². The summed E-state index contributed by atoms with van der Waals surface area (Å²) in [6.07, 6.45) is 9.90. The van der Waals surface area contributed by atoms with Gasteiger partial charge in [-0.3, -0.25) is 14.6 Å². The van der Waals surface area contributed by atoms with Crippen LogP contribution in [0.15, 0.2) is 36.9 Å². The van der Waals surface area contributed by atoms with E-state index < -0.39 is 0 Å². The third-order valence-electron chi connectivity index (χ3n) is 4.97. The fourth-order valence-corrected chi connectivity index (χ4v) is 3.76. The Morgan fingerprint density at radius 1 is 1.33 bits per heavy atom. The van der Waals surface area contributed by atoms with Crippen LogP contribution in [0.5, 0.6) is 0 Å². The topological polar surface area (TPSA) is 52.4 Å². The molecule has 2 atom stereocenters. The Labute approximate surface area is 142 Å². The molecular weight excluding hydrogens is 304 g/mol. The second-order valence-corrected chi connectivity index (χ2v) is 6.97. The number of aromatic nitrogens is 3. The summed E-state index contributed by atoms with van der Waals surface area (Å²) in [6, 6.07) is 3.99. The summed E-state index contributed by atoms with van der Waals surface area (Å²) in [5, 5.41) is 4.25. The van der Waals surface area contributed by atoms with Crippen molar-refractivity contribution in [2.45, 2.75) is 37.7 Å². The zero-order valence-electron chi connectivity index (χ0n) is 14.1. The Hall–Kier alpha value is -1.76. The van der Waals surface area contributed by atoms with Gasteiger partial charge in [0.2, 0.25) is 0 Å². The summed E-state index contributed by atoms with van der Waals surface area (Å²) in [5.41, 5.74) is 2.40. The number of aryl methyl sites for hydroxylation is 1. The molecule has 6 nitrogen and oxygen atoms in total. The van der Waals surface area contributed by atoms with Gasteiger partial charge in [-0.15, -0.1) is 0 Å². The van der Waals surface area contributed by atoms with Crippen molar-refractivity contribution in [2.75, 3.05) is 19.7 Å². The number of hydrogen-bond acceptors (Lipinski definition) is 5. The first-order valence-corrected chi connectivity index (χ1v) is 8.55. The number of hydrogen-bond donors (Lipinski definition) is 0. The van der Waals surface area contributed by atoms with Crippen LogP contribution in [0.3, 0.4) is 0 Å². The highest BCUT2D eigenvalue weighted by Crippen LogP contribution is 2.36. The molecule has 2 fully saturated rings. The van der Waals surface area contributed by atoms with Gasteiger partial charge in [-0.05, 0) is 24.1 Å². The van der Waals surface area contributed by atoms with Crippen LogP contribution >= 0.6 is 0 Å². The van der Waals surface area contributed by atoms with E-state index in [4.69, 9.17) is 9.47 Å². The highest BCUT2D eigenvalue weighted by Gasteiger charge is 2.45. The van der Waals surface area contributed by atoms with Crippen molar-refractivity contribution < 1.29 is 9.47 Å². The molecule has 24 heavy (non-hydrogen) atoms. The molecule has 0 bridgehead atoms. The lowest BCUT2D eigenvalue weighted by Gasteiger charge is -2.23. The molecule has 128 valence electrons. The molecule has 1 spiro atoms. The molecule has 4 rings (SSSR count). The predicted molar refractivity (Wildman–Crippen MR) is 89.2 cm³/mol. The molecule has 0 radical (unpaired) electrons. The molecule has 0 unspecified atom stereocenters. The van der Waals surface area contributed by atoms with Crippen molar-refractivity contribution in [1.29, 1.82) is 0 Å². The van der Waals surface area contributed by atoms with Gasteiger partial charge < -0.3 is 9.47 Å². The van der Waals surface area contributed by atoms with Gasteiger partial charge >= 0.3 is 0 Å². The van der Waals surface area contributed by atoms with Crippen LogP contribution in [-0.4, -0.2) is 51.1 Å². The minimum atomic E-state index is -0.0227. The predicted octanol–water partition coefficient (Wildman–Crippen LogP) is 1.77. The van der Waals surface area contributed by atoms with Gasteiger partial charge in [0.05, 0.1) is 31.1 Å². The van der Waals surface area contributed by atoms with Crippen LogP contribution in [-0.2, 0) is 29.7 Å². The van der Waals surface area contributed by atoms with Crippen molar-refractivity contribution >= 4 is 0 Å². The van der Waals surface area contributed by atoms with Gasteiger partial charge in [-0.25, -0.2) is 0 Å². The molecule has 0 N–H and O–H groups in total. The van der Waals surface area contributed by atoms with E-state index >= 15 is 0 Å². The standard InChI is InChI=1S/C18H24N4O2/c1-21-10-16(9-20-21)11-22-7-4-18(14-22)8-17(13-24-18)23-12-15-2-5-19-6-3-15/h2-3,5-6,9-10,17H,4,7-8,11-14H2,1H3/t17-,18+/m1/s1. The smallest absolute Gasteiger partial charge is 0.0847 e. The zero-order valence-corrected chi connectivity index (χ0v) is 14.1. The molecule has 2 aliphatic heterocycles. The quantitative estimate of drug-likeness (QED) is 0.837. The number of likely N-dealkylation sites (tertiary alicyclic amines) is 1. The van der Waals surface area contributed by atoms with Gasteiger partial charge in [0.15, 0.2) is 0 Å². The number of ether oxygens (including phenoxy) is 2. The third-order valence-corrected chi connectivity index (χ3v) is 4.97. The van der Waals surface area contributed by atoms with Crippen LogP contribution in [0.1, 0.15) is 24.0 Å². The van der Waals surface area contributed by atoms with E-state index in [2.05, 4.69) is 21.2 Å². The summed E-state index contributed by atoms with van der Waals surface area (Å²) in [6.45, 7) is 4.34. The highest BCUT2D eigenvalue weighted by atomic mass is 16.6. The number of pyridine rings is 1. The molecule has 0 amide bonds. The minimum Gasteiger partial charge on any atom is -0.371 e. The second kappa shape index (κ2) is 6.63. The fourth-order valence-electron chi connectivity index (χ4n) is 3.76. The average Bonchev–Trinajstić information content (AvgIpc) is 3.29. The first-order chi connectivity index (χ1) is 11.7. The monoisotopic (exact) mass is 328 g/mol. The van der Waals surface area contributed by atoms with Gasteiger partial charge in [0.25, 0.3) is 0 Å². The Kier molecular flexibility index (Phi) is 4.35. The molecule has 6 heteroatoms. The van der Waals surface area contributed by atoms with Crippen molar-refractivity contribution in [2.24, 2.45) is 7.05 Å². The van der Waals surface area contributed by atoms with Crippen LogP contribution < -0.4 is 0 Å². The van der Waals surface area contributed by atoms with Gasteiger partial charge in [-0.2, -0.15) is 5.10 Å². The Morgan fingerprint density at radius 3 is 3.00 bits per heavy atom. The Morgan fingerprint density at radius 2 is 2.21 bits per heavy atom. The molecule has 2 saturated heterocycles. The van der Waals surface area contributed by atoms with Crippen molar-refractivity contribution in [3.8, 4) is 0 Å². The van der Waals surface area contributed by atoms with Crippen molar-refractivity contribution in [3.63, 3.8) is 0 Å². The maximum atomic E-state index is 6.18. The van der Waals surface area contributed by atoms with Crippen LogP contribution in [0.2, 0.25) is 0 Å². The molecule has 2 aromatic heterocycles. The maximum absolute atomic E-state index is 6.18. The normalized spacial score (nSPS) is 27.3. The zero-order chi connectivity index (χ0) is 16.4. The molecule has 0 saturated carbocycles. The third kappa shape index (κ3) is 3.50. The molecule has 0 aliphatic carbocycles. The van der Waals surface area contributed by atoms with Crippen LogP contribution in [0.25, 0.3) is 0 Å². The molecular formula is C18H24N4O2. The lowest BCUT2D eigenvalue weighted by atomic mass is 9.98. The summed E-state index contributed by atoms with van der Waals surface area (Å²) in [4.78, 5) is 6.50. The SMILES string of the molecule is Cn1cc(CN2CC[C@]3(C[C@@H](OCc4ccncc4)CO3)C2)cn1. The first-order valence-electron chi connectivity index (χ1n) is 8.55. The summed E-state index contributed by atoms with van der Waals surface area (Å²) >= 11 is 0. The van der Waals surface area contributed by atoms with E-state index in [0.717, 1.165) is 38.0 Å². The van der Waals surface area contributed by atoms with Gasteiger partial charge in [0.1, 0.15) is 0 Å². The van der Waals surface area contributed by atoms with Crippen molar-refractivity contribution in [3.05, 3.63) is 48.0 Å². The van der Waals surface area contributed by atoms with E-state index in [1.54, 1.807) is 12.4 Å². The van der Waals surface area contributed by atoms with E-state index in [1.807, 2.05) is 30.1 Å². The largest absolute Gasteiger partial charge is 0.371 e. The maximum Gasteiger partial charge on any atom is 0.0847 e. The van der Waals surface area contributed by atoms with Gasteiger partial charge in [-0.1, -0.05) is 0 Å². The molecule has 2 aliphatic rings. The van der Waals surface area contributed by atoms with Crippen LogP contribution in [0.4, 0.5) is 0 Å². The highest BCUT2D eigenvalue weighted by molar-refractivity contribution is 5.09. The summed E-state index contributed by atoms with van der Waals surface area (Å²) in [5.74, 6) is 0. The second-order valence-electron chi connectivity index (χ2n) is 6.97.